The van der Waals surface area contributed by atoms with E-state index in [2.05, 4.69) is 25.7 Å². The van der Waals surface area contributed by atoms with E-state index in [1.165, 1.54) is 0 Å². The first-order valence-electron chi connectivity index (χ1n) is 5.93. The third-order valence-electron chi connectivity index (χ3n) is 2.18. The summed E-state index contributed by atoms with van der Waals surface area (Å²) in [6.07, 6.45) is 2.47. The number of hydrogen-bond acceptors (Lipinski definition) is 8. The lowest BCUT2D eigenvalue weighted by Gasteiger charge is -2.08. The highest BCUT2D eigenvalue weighted by Crippen LogP contribution is 2.12. The van der Waals surface area contributed by atoms with Gasteiger partial charge < -0.3 is 14.5 Å². The third-order valence-corrected chi connectivity index (χ3v) is 2.18. The van der Waals surface area contributed by atoms with Crippen molar-refractivity contribution >= 4 is 11.9 Å². The Hall–Kier alpha value is -2.35. The van der Waals surface area contributed by atoms with Gasteiger partial charge in [-0.1, -0.05) is 6.92 Å². The Morgan fingerprint density at radius 2 is 2.16 bits per heavy atom. The maximum atomic E-state index is 5.35. The molecular formula is C11H16N6O2. The summed E-state index contributed by atoms with van der Waals surface area (Å²) in [5.74, 6) is 6.68. The number of nitrogens with one attached hydrogen (secondary N) is 2. The fourth-order valence-corrected chi connectivity index (χ4v) is 1.34. The van der Waals surface area contributed by atoms with Crippen molar-refractivity contribution in [1.82, 2.24) is 15.0 Å². The highest BCUT2D eigenvalue weighted by molar-refractivity contribution is 5.35. The molecule has 0 spiro atoms. The Kier molecular flexibility index (Phi) is 4.51. The van der Waals surface area contributed by atoms with Gasteiger partial charge in [0.25, 0.3) is 0 Å². The van der Waals surface area contributed by atoms with Gasteiger partial charge in [0.15, 0.2) is 0 Å². The summed E-state index contributed by atoms with van der Waals surface area (Å²) in [5.41, 5.74) is 2.37. The Labute approximate surface area is 110 Å². The molecule has 0 aliphatic heterocycles. The van der Waals surface area contributed by atoms with Crippen LogP contribution in [0.25, 0.3) is 0 Å². The van der Waals surface area contributed by atoms with Crippen molar-refractivity contribution in [3.63, 3.8) is 0 Å². The number of nitrogens with two attached hydrogens (primary N) is 1. The van der Waals surface area contributed by atoms with E-state index in [4.69, 9.17) is 15.0 Å². The van der Waals surface area contributed by atoms with Crippen molar-refractivity contribution < 1.29 is 9.15 Å². The van der Waals surface area contributed by atoms with Crippen molar-refractivity contribution in [2.45, 2.75) is 19.9 Å². The molecule has 0 fully saturated rings. The highest BCUT2D eigenvalue weighted by atomic mass is 16.5. The van der Waals surface area contributed by atoms with E-state index in [0.29, 0.717) is 19.1 Å². The number of ether oxygens (including phenoxy) is 1. The predicted molar refractivity (Wildman–Crippen MR) is 69.5 cm³/mol. The second-order valence-electron chi connectivity index (χ2n) is 3.69. The summed E-state index contributed by atoms with van der Waals surface area (Å²) in [6, 6.07) is 3.89. The Bertz CT molecular complexity index is 502. The molecule has 0 aliphatic rings. The molecule has 0 bridgehead atoms. The molecule has 2 rings (SSSR count). The minimum Gasteiger partial charge on any atom is -0.467 e. The fourth-order valence-electron chi connectivity index (χ4n) is 1.34. The average Bonchev–Trinajstić information content (AvgIpc) is 2.96. The predicted octanol–water partition coefficient (Wildman–Crippen LogP) is 1.15. The van der Waals surface area contributed by atoms with Crippen LogP contribution >= 0.6 is 0 Å². The average molecular weight is 264 g/mol. The fraction of sp³-hybridized carbons (Fsp3) is 0.364. The van der Waals surface area contributed by atoms with Crippen LogP contribution < -0.4 is 21.3 Å². The van der Waals surface area contributed by atoms with Crippen LogP contribution in [0.4, 0.5) is 11.9 Å². The molecule has 19 heavy (non-hydrogen) atoms. The molecule has 2 heterocycles. The molecule has 0 amide bonds. The molecule has 8 heteroatoms. The summed E-state index contributed by atoms with van der Waals surface area (Å²) in [5, 5.41) is 3.01. The SMILES string of the molecule is CCCOc1nc(NN)nc(NCc2ccco2)n1. The molecule has 0 atom stereocenters. The monoisotopic (exact) mass is 264 g/mol. The maximum absolute atomic E-state index is 5.35. The van der Waals surface area contributed by atoms with Gasteiger partial charge in [0.05, 0.1) is 19.4 Å². The number of rotatable bonds is 7. The summed E-state index contributed by atoms with van der Waals surface area (Å²) in [4.78, 5) is 12.2. The smallest absolute Gasteiger partial charge is 0.323 e. The number of nitrogens with zero attached hydrogens (tertiary/aromatic N) is 3. The van der Waals surface area contributed by atoms with Gasteiger partial charge in [0.2, 0.25) is 11.9 Å². The van der Waals surface area contributed by atoms with E-state index in [0.717, 1.165) is 12.2 Å². The zero-order chi connectivity index (χ0) is 13.5. The minimum absolute atomic E-state index is 0.228. The van der Waals surface area contributed by atoms with E-state index in [1.807, 2.05) is 19.1 Å². The number of nitrogen functional groups attached to an aromatic ring is 1. The molecule has 102 valence electrons. The summed E-state index contributed by atoms with van der Waals surface area (Å²) in [6.45, 7) is 3.00. The van der Waals surface area contributed by atoms with E-state index in [1.54, 1.807) is 6.26 Å². The largest absolute Gasteiger partial charge is 0.467 e. The van der Waals surface area contributed by atoms with Gasteiger partial charge >= 0.3 is 6.01 Å². The lowest BCUT2D eigenvalue weighted by molar-refractivity contribution is 0.292. The van der Waals surface area contributed by atoms with Crippen LogP contribution in [-0.2, 0) is 6.54 Å². The number of hydrazine groups is 1. The van der Waals surface area contributed by atoms with E-state index in [-0.39, 0.29) is 12.0 Å². The molecule has 2 aromatic heterocycles. The van der Waals surface area contributed by atoms with Crippen LogP contribution in [-0.4, -0.2) is 21.6 Å². The topological polar surface area (TPSA) is 111 Å². The van der Waals surface area contributed by atoms with Crippen molar-refractivity contribution in [1.29, 1.82) is 0 Å². The molecule has 8 nitrogen and oxygen atoms in total. The van der Waals surface area contributed by atoms with E-state index < -0.39 is 0 Å². The molecule has 0 aromatic carbocycles. The number of hydrogen-bond donors (Lipinski definition) is 3. The highest BCUT2D eigenvalue weighted by Gasteiger charge is 2.07. The van der Waals surface area contributed by atoms with Crippen molar-refractivity contribution in [3.05, 3.63) is 24.2 Å². The lowest BCUT2D eigenvalue weighted by Crippen LogP contribution is -2.14. The van der Waals surface area contributed by atoms with Gasteiger partial charge in [-0.25, -0.2) is 5.84 Å². The van der Waals surface area contributed by atoms with Crippen molar-refractivity contribution in [3.8, 4) is 6.01 Å². The standard InChI is InChI=1S/C11H16N6O2/c1-2-5-19-11-15-9(14-10(16-11)17-12)13-7-8-4-3-6-18-8/h3-4,6H,2,5,7,12H2,1H3,(H2,13,14,15,16,17). The van der Waals surface area contributed by atoms with Gasteiger partial charge in [0, 0.05) is 0 Å². The van der Waals surface area contributed by atoms with Gasteiger partial charge in [-0.2, -0.15) is 15.0 Å². The molecule has 0 aliphatic carbocycles. The Morgan fingerprint density at radius 1 is 1.32 bits per heavy atom. The van der Waals surface area contributed by atoms with Gasteiger partial charge in [0.1, 0.15) is 5.76 Å². The first-order chi connectivity index (χ1) is 9.31. The van der Waals surface area contributed by atoms with Gasteiger partial charge in [-0.05, 0) is 18.6 Å². The molecule has 0 unspecified atom stereocenters. The summed E-state index contributed by atoms with van der Waals surface area (Å²) < 4.78 is 10.6. The molecular weight excluding hydrogens is 248 g/mol. The molecule has 2 aromatic rings. The van der Waals surface area contributed by atoms with Crippen molar-refractivity contribution in [2.24, 2.45) is 5.84 Å². The van der Waals surface area contributed by atoms with Crippen molar-refractivity contribution in [2.75, 3.05) is 17.3 Å². The molecule has 4 N–H and O–H groups in total. The molecule has 0 saturated heterocycles. The molecule has 0 saturated carbocycles. The zero-order valence-corrected chi connectivity index (χ0v) is 10.6. The normalized spacial score (nSPS) is 10.2. The minimum atomic E-state index is 0.228. The summed E-state index contributed by atoms with van der Waals surface area (Å²) in [7, 11) is 0. The first kappa shape index (κ1) is 13.1. The van der Waals surface area contributed by atoms with Crippen LogP contribution in [0.2, 0.25) is 0 Å². The van der Waals surface area contributed by atoms with Gasteiger partial charge in [-0.3, -0.25) is 5.43 Å². The van der Waals surface area contributed by atoms with Gasteiger partial charge in [-0.15, -0.1) is 0 Å². The van der Waals surface area contributed by atoms with Crippen LogP contribution in [0.3, 0.4) is 0 Å². The number of furan rings is 1. The first-order valence-corrected chi connectivity index (χ1v) is 5.93. The second-order valence-corrected chi connectivity index (χ2v) is 3.69. The number of aromatic nitrogens is 3. The van der Waals surface area contributed by atoms with Crippen LogP contribution in [0, 0.1) is 0 Å². The van der Waals surface area contributed by atoms with Crippen LogP contribution in [0.5, 0.6) is 6.01 Å². The third kappa shape index (κ3) is 3.81. The molecule has 0 radical (unpaired) electrons. The number of anilines is 2. The quantitative estimate of drug-likeness (QED) is 0.504. The summed E-state index contributed by atoms with van der Waals surface area (Å²) >= 11 is 0. The Morgan fingerprint density at radius 3 is 2.84 bits per heavy atom. The zero-order valence-electron chi connectivity index (χ0n) is 10.6. The van der Waals surface area contributed by atoms with E-state index >= 15 is 0 Å². The van der Waals surface area contributed by atoms with Crippen LogP contribution in [0.15, 0.2) is 22.8 Å². The Balaban J connectivity index is 2.05. The second kappa shape index (κ2) is 6.55. The van der Waals surface area contributed by atoms with Crippen LogP contribution in [0.1, 0.15) is 19.1 Å². The lowest BCUT2D eigenvalue weighted by atomic mass is 10.4. The van der Waals surface area contributed by atoms with E-state index in [9.17, 15) is 0 Å². The maximum Gasteiger partial charge on any atom is 0.323 e.